The fourth-order valence-corrected chi connectivity index (χ4v) is 6.75. The molecule has 2 saturated heterocycles. The molecule has 2 aliphatic heterocycles. The summed E-state index contributed by atoms with van der Waals surface area (Å²) in [5.74, 6) is -0.289. The first kappa shape index (κ1) is 31.5. The van der Waals surface area contributed by atoms with E-state index in [4.69, 9.17) is 14.5 Å². The smallest absolute Gasteiger partial charge is 0.224 e. The summed E-state index contributed by atoms with van der Waals surface area (Å²) in [6.07, 6.45) is 4.52. The summed E-state index contributed by atoms with van der Waals surface area (Å²) in [5.41, 5.74) is 2.79. The van der Waals surface area contributed by atoms with E-state index in [1.807, 2.05) is 13.0 Å². The quantitative estimate of drug-likeness (QED) is 0.308. The van der Waals surface area contributed by atoms with Crippen LogP contribution in [0, 0.1) is 11.8 Å². The van der Waals surface area contributed by atoms with Crippen LogP contribution in [0.3, 0.4) is 0 Å². The Kier molecular flexibility index (Phi) is 12.0. The minimum atomic E-state index is -0.497. The number of benzene rings is 1. The van der Waals surface area contributed by atoms with E-state index in [1.54, 1.807) is 11.3 Å². The van der Waals surface area contributed by atoms with Crippen molar-refractivity contribution in [3.8, 4) is 0 Å². The van der Waals surface area contributed by atoms with Gasteiger partial charge in [-0.3, -0.25) is 19.3 Å². The molecule has 2 aliphatic rings. The van der Waals surface area contributed by atoms with Crippen LogP contribution in [0.2, 0.25) is 0 Å². The van der Waals surface area contributed by atoms with Gasteiger partial charge in [-0.2, -0.15) is 0 Å². The van der Waals surface area contributed by atoms with Gasteiger partial charge in [-0.1, -0.05) is 26.5 Å². The fourth-order valence-electron chi connectivity index (χ4n) is 5.64. The van der Waals surface area contributed by atoms with Crippen molar-refractivity contribution >= 4 is 39.0 Å². The third-order valence-electron chi connectivity index (χ3n) is 8.32. The molecule has 9 heteroatoms. The summed E-state index contributed by atoms with van der Waals surface area (Å²) in [6, 6.07) is 6.12. The van der Waals surface area contributed by atoms with Crippen molar-refractivity contribution in [1.29, 1.82) is 0 Å². The van der Waals surface area contributed by atoms with Crippen molar-refractivity contribution in [3.63, 3.8) is 0 Å². The lowest BCUT2D eigenvalue weighted by atomic mass is 9.87. The lowest BCUT2D eigenvalue weighted by Gasteiger charge is -2.32. The summed E-state index contributed by atoms with van der Waals surface area (Å²) in [4.78, 5) is 46.3. The molecule has 1 amide bonds. The molecule has 2 atom stereocenters. The number of Topliss-reactive ketones (excluding diaryl/α,β-unsaturated/α-hetero) is 2. The maximum Gasteiger partial charge on any atom is 0.224 e. The Labute approximate surface area is 247 Å². The lowest BCUT2D eigenvalue weighted by molar-refractivity contribution is -0.130. The van der Waals surface area contributed by atoms with Crippen molar-refractivity contribution in [3.05, 3.63) is 40.9 Å². The van der Waals surface area contributed by atoms with Gasteiger partial charge in [0, 0.05) is 70.1 Å². The highest BCUT2D eigenvalue weighted by Crippen LogP contribution is 2.28. The van der Waals surface area contributed by atoms with Crippen molar-refractivity contribution in [1.82, 2.24) is 15.2 Å². The van der Waals surface area contributed by atoms with Gasteiger partial charge in [0.25, 0.3) is 0 Å². The first-order valence-electron chi connectivity index (χ1n) is 15.2. The van der Waals surface area contributed by atoms with Crippen molar-refractivity contribution in [2.75, 3.05) is 46.1 Å². The second-order valence-corrected chi connectivity index (χ2v) is 12.4. The second kappa shape index (κ2) is 15.7. The Morgan fingerprint density at radius 1 is 1.12 bits per heavy atom. The van der Waals surface area contributed by atoms with Crippen LogP contribution in [0.1, 0.15) is 62.9 Å². The Bertz CT molecular complexity index is 1200. The number of nitrogens with one attached hydrogen (secondary N) is 1. The summed E-state index contributed by atoms with van der Waals surface area (Å²) < 4.78 is 12.1. The molecule has 0 unspecified atom stereocenters. The number of nitrogens with zero attached hydrogens (tertiary/aromatic N) is 2. The monoisotopic (exact) mass is 583 g/mol. The van der Waals surface area contributed by atoms with E-state index in [0.29, 0.717) is 64.2 Å². The molecule has 1 N–H and O–H groups in total. The van der Waals surface area contributed by atoms with Crippen molar-refractivity contribution in [2.45, 2.75) is 71.3 Å². The third kappa shape index (κ3) is 9.26. The highest BCUT2D eigenvalue weighted by Gasteiger charge is 2.30. The van der Waals surface area contributed by atoms with Gasteiger partial charge in [0.05, 0.1) is 34.4 Å². The molecule has 0 saturated carbocycles. The zero-order valence-electron chi connectivity index (χ0n) is 24.6. The first-order chi connectivity index (χ1) is 19.9. The fraction of sp³-hybridized carbons (Fsp3) is 0.625. The number of aryl methyl sites for hydroxylation is 1. The molecule has 8 nitrogen and oxygen atoms in total. The maximum atomic E-state index is 13.8. The van der Waals surface area contributed by atoms with Crippen LogP contribution < -0.4 is 5.32 Å². The van der Waals surface area contributed by atoms with Crippen LogP contribution in [0.15, 0.2) is 30.4 Å². The van der Waals surface area contributed by atoms with E-state index in [0.717, 1.165) is 47.6 Å². The largest absolute Gasteiger partial charge is 0.381 e. The number of hydrogen-bond donors (Lipinski definition) is 1. The van der Waals surface area contributed by atoms with E-state index < -0.39 is 5.92 Å². The predicted octanol–water partition coefficient (Wildman–Crippen LogP) is 4.54. The van der Waals surface area contributed by atoms with Gasteiger partial charge in [0.1, 0.15) is 5.78 Å². The number of carbonyl (C=O) groups is 3. The molecule has 2 aromatic rings. The number of amides is 1. The Morgan fingerprint density at radius 3 is 2.56 bits per heavy atom. The van der Waals surface area contributed by atoms with Crippen LogP contribution >= 0.6 is 11.3 Å². The maximum absolute atomic E-state index is 13.8. The number of rotatable bonds is 15. The van der Waals surface area contributed by atoms with Crippen LogP contribution in [-0.4, -0.2) is 79.5 Å². The van der Waals surface area contributed by atoms with E-state index in [2.05, 4.69) is 35.9 Å². The van der Waals surface area contributed by atoms with Gasteiger partial charge < -0.3 is 14.8 Å². The third-order valence-corrected chi connectivity index (χ3v) is 9.36. The molecule has 1 aromatic carbocycles. The van der Waals surface area contributed by atoms with Crippen LogP contribution in [0.4, 0.5) is 0 Å². The zero-order chi connectivity index (χ0) is 29.2. The molecule has 0 spiro atoms. The average molecular weight is 584 g/mol. The van der Waals surface area contributed by atoms with Gasteiger partial charge in [-0.15, -0.1) is 11.3 Å². The molecule has 224 valence electrons. The molecular formula is C32H45N3O5S. The molecule has 0 bridgehead atoms. The van der Waals surface area contributed by atoms with Gasteiger partial charge in [-0.05, 0) is 49.3 Å². The van der Waals surface area contributed by atoms with E-state index in [9.17, 15) is 14.4 Å². The summed E-state index contributed by atoms with van der Waals surface area (Å²) in [7, 11) is 0. The van der Waals surface area contributed by atoms with Crippen LogP contribution in [0.5, 0.6) is 0 Å². The summed E-state index contributed by atoms with van der Waals surface area (Å²) in [5, 5.41) is 4.16. The minimum Gasteiger partial charge on any atom is -0.381 e. The van der Waals surface area contributed by atoms with Crippen molar-refractivity contribution in [2.24, 2.45) is 11.8 Å². The number of aromatic nitrogens is 1. The number of ketones is 2. The van der Waals surface area contributed by atoms with E-state index in [1.165, 1.54) is 5.56 Å². The molecule has 2 fully saturated rings. The molecule has 0 aliphatic carbocycles. The molecule has 1 aromatic heterocycles. The normalized spacial score (nSPS) is 18.2. The van der Waals surface area contributed by atoms with E-state index >= 15 is 0 Å². The number of carbonyl (C=O) groups excluding carboxylic acids is 3. The Hall–Kier alpha value is -2.46. The second-order valence-electron chi connectivity index (χ2n) is 11.3. The SMILES string of the molecule is C=C(CN1CCOCC1)C(=O)CC[C@@H](NC(=O)[C@@H](CC(=O)CC)Cc1nc2ccc(CC)cc2s1)C1CCOCC1. The van der Waals surface area contributed by atoms with Crippen LogP contribution in [-0.2, 0) is 36.7 Å². The molecule has 41 heavy (non-hydrogen) atoms. The average Bonchev–Trinajstić information content (AvgIpc) is 3.40. The zero-order valence-corrected chi connectivity index (χ0v) is 25.4. The first-order valence-corrected chi connectivity index (χ1v) is 16.0. The summed E-state index contributed by atoms with van der Waals surface area (Å²) in [6.45, 7) is 12.8. The molecule has 3 heterocycles. The Morgan fingerprint density at radius 2 is 1.85 bits per heavy atom. The van der Waals surface area contributed by atoms with E-state index in [-0.39, 0.29) is 35.9 Å². The summed E-state index contributed by atoms with van der Waals surface area (Å²) >= 11 is 1.60. The number of hydrogen-bond acceptors (Lipinski definition) is 8. The standard InChI is InChI=1S/C32H45N3O5S/c1-4-23-6-7-28-30(18-23)41-31(33-28)20-25(19-26(36)5-2)32(38)34-27(24-10-14-39-15-11-24)8-9-29(37)22(3)21-35-12-16-40-17-13-35/h6-7,18,24-25,27H,3-5,8-17,19-21H2,1-2H3,(H,34,38)/t25-,27+/m0/s1. The minimum absolute atomic E-state index is 0.0430. The topological polar surface area (TPSA) is 97.8 Å². The van der Waals surface area contributed by atoms with Crippen molar-refractivity contribution < 1.29 is 23.9 Å². The van der Waals surface area contributed by atoms with Crippen LogP contribution in [0.25, 0.3) is 10.2 Å². The number of thiazole rings is 1. The highest BCUT2D eigenvalue weighted by molar-refractivity contribution is 7.18. The Balaban J connectivity index is 1.43. The lowest BCUT2D eigenvalue weighted by Crippen LogP contribution is -2.46. The molecular weight excluding hydrogens is 538 g/mol. The molecule has 0 radical (unpaired) electrons. The number of morpholine rings is 1. The number of ether oxygens (including phenoxy) is 2. The number of fused-ring (bicyclic) bond motifs is 1. The van der Waals surface area contributed by atoms with Gasteiger partial charge in [-0.25, -0.2) is 4.98 Å². The van der Waals surface area contributed by atoms with Gasteiger partial charge >= 0.3 is 0 Å². The molecule has 4 rings (SSSR count). The van der Waals surface area contributed by atoms with Gasteiger partial charge in [0.2, 0.25) is 5.91 Å². The predicted molar refractivity (Wildman–Crippen MR) is 162 cm³/mol. The van der Waals surface area contributed by atoms with Gasteiger partial charge in [0.15, 0.2) is 5.78 Å². The highest BCUT2D eigenvalue weighted by atomic mass is 32.1.